The highest BCUT2D eigenvalue weighted by Crippen LogP contribution is 2.05. The highest BCUT2D eigenvalue weighted by Gasteiger charge is 2.12. The quantitative estimate of drug-likeness (QED) is 0.775. The summed E-state index contributed by atoms with van der Waals surface area (Å²) in [7, 11) is 4.98. The largest absolute Gasteiger partial charge is 0.478 e. The van der Waals surface area contributed by atoms with Gasteiger partial charge >= 0.3 is 5.97 Å². The van der Waals surface area contributed by atoms with Crippen LogP contribution < -0.4 is 4.90 Å². The van der Waals surface area contributed by atoms with Crippen LogP contribution in [0.15, 0.2) is 12.4 Å². The number of aromatic carboxylic acids is 1. The van der Waals surface area contributed by atoms with Gasteiger partial charge < -0.3 is 14.9 Å². The molecule has 0 radical (unpaired) electrons. The fraction of sp³-hybridized carbons (Fsp3) is 0.400. The molecule has 7 heteroatoms. The van der Waals surface area contributed by atoms with E-state index in [1.807, 2.05) is 0 Å². The van der Waals surface area contributed by atoms with Crippen LogP contribution in [0.25, 0.3) is 0 Å². The monoisotopic (exact) mass is 238 g/mol. The number of carbonyl (C=O) groups is 2. The average Bonchev–Trinajstić information content (AvgIpc) is 2.28. The van der Waals surface area contributed by atoms with Crippen molar-refractivity contribution in [2.45, 2.75) is 0 Å². The lowest BCUT2D eigenvalue weighted by atomic mass is 10.3. The Morgan fingerprint density at radius 3 is 2.18 bits per heavy atom. The molecule has 0 aliphatic heterocycles. The standard InChI is InChI=1S/C10H14N4O3/c1-13(2)8(15)6-14(3)10-11-4-7(5-12-10)9(16)17/h4-5H,6H2,1-3H3,(H,16,17). The van der Waals surface area contributed by atoms with Crippen LogP contribution in [-0.2, 0) is 4.79 Å². The first-order valence-corrected chi connectivity index (χ1v) is 4.88. The number of amides is 1. The van der Waals surface area contributed by atoms with Crippen LogP contribution in [0.1, 0.15) is 10.4 Å². The SMILES string of the molecule is CN(C)C(=O)CN(C)c1ncc(C(=O)O)cn1. The van der Waals surface area contributed by atoms with Crippen molar-refractivity contribution in [3.05, 3.63) is 18.0 Å². The van der Waals surface area contributed by atoms with Crippen LogP contribution in [0.3, 0.4) is 0 Å². The Balaban J connectivity index is 2.73. The normalized spacial score (nSPS) is 9.82. The van der Waals surface area contributed by atoms with Crippen LogP contribution in [-0.4, -0.2) is 59.5 Å². The third-order valence-corrected chi connectivity index (χ3v) is 2.10. The molecule has 1 rings (SSSR count). The van der Waals surface area contributed by atoms with E-state index >= 15 is 0 Å². The maximum Gasteiger partial charge on any atom is 0.338 e. The number of nitrogens with zero attached hydrogens (tertiary/aromatic N) is 4. The van der Waals surface area contributed by atoms with Gasteiger partial charge in [0.2, 0.25) is 11.9 Å². The second-order valence-electron chi connectivity index (χ2n) is 3.72. The number of hydrogen-bond acceptors (Lipinski definition) is 5. The summed E-state index contributed by atoms with van der Waals surface area (Å²) in [5.74, 6) is -0.854. The van der Waals surface area contributed by atoms with E-state index in [1.165, 1.54) is 17.3 Å². The fourth-order valence-electron chi connectivity index (χ4n) is 1.04. The number of anilines is 1. The predicted octanol–water partition coefficient (Wildman–Crippen LogP) is -0.301. The first-order chi connectivity index (χ1) is 7.91. The second kappa shape index (κ2) is 5.24. The number of rotatable bonds is 4. The molecule has 0 bridgehead atoms. The molecule has 0 saturated heterocycles. The highest BCUT2D eigenvalue weighted by molar-refractivity contribution is 5.87. The lowest BCUT2D eigenvalue weighted by molar-refractivity contribution is -0.127. The van der Waals surface area contributed by atoms with E-state index in [2.05, 4.69) is 9.97 Å². The molecule has 0 atom stereocenters. The van der Waals surface area contributed by atoms with Gasteiger partial charge in [0.1, 0.15) is 0 Å². The van der Waals surface area contributed by atoms with Crippen LogP contribution in [0, 0.1) is 0 Å². The Kier molecular flexibility index (Phi) is 3.97. The lowest BCUT2D eigenvalue weighted by Gasteiger charge is -2.18. The molecule has 0 fully saturated rings. The number of carboxylic acids is 1. The van der Waals surface area contributed by atoms with Gasteiger partial charge in [-0.05, 0) is 0 Å². The minimum atomic E-state index is -1.08. The first-order valence-electron chi connectivity index (χ1n) is 4.88. The van der Waals surface area contributed by atoms with Gasteiger partial charge in [0, 0.05) is 33.5 Å². The molecule has 0 aliphatic rings. The van der Waals surface area contributed by atoms with E-state index in [1.54, 1.807) is 26.0 Å². The summed E-state index contributed by atoms with van der Waals surface area (Å²) in [4.78, 5) is 32.8. The van der Waals surface area contributed by atoms with Crippen molar-refractivity contribution >= 4 is 17.8 Å². The number of aromatic nitrogens is 2. The smallest absolute Gasteiger partial charge is 0.338 e. The third kappa shape index (κ3) is 3.40. The number of carboxylic acid groups (broad SMARTS) is 1. The molecule has 0 saturated carbocycles. The maximum atomic E-state index is 11.4. The van der Waals surface area contributed by atoms with Gasteiger partial charge in [0.15, 0.2) is 0 Å². The second-order valence-corrected chi connectivity index (χ2v) is 3.72. The van der Waals surface area contributed by atoms with Crippen LogP contribution in [0.5, 0.6) is 0 Å². The molecule has 17 heavy (non-hydrogen) atoms. The summed E-state index contributed by atoms with van der Waals surface area (Å²) < 4.78 is 0. The van der Waals surface area contributed by atoms with E-state index < -0.39 is 5.97 Å². The maximum absolute atomic E-state index is 11.4. The van der Waals surface area contributed by atoms with E-state index in [0.717, 1.165) is 0 Å². The molecule has 0 aliphatic carbocycles. The first kappa shape index (κ1) is 12.9. The zero-order chi connectivity index (χ0) is 13.0. The molecule has 1 aromatic rings. The minimum absolute atomic E-state index is 0.0149. The molecule has 0 unspecified atom stereocenters. The van der Waals surface area contributed by atoms with Crippen molar-refractivity contribution in [3.63, 3.8) is 0 Å². The summed E-state index contributed by atoms with van der Waals surface area (Å²) in [6, 6.07) is 0. The molecule has 0 spiro atoms. The van der Waals surface area contributed by atoms with Crippen LogP contribution in [0.2, 0.25) is 0 Å². The zero-order valence-corrected chi connectivity index (χ0v) is 9.91. The van der Waals surface area contributed by atoms with Crippen LogP contribution in [0.4, 0.5) is 5.95 Å². The zero-order valence-electron chi connectivity index (χ0n) is 9.91. The van der Waals surface area contributed by atoms with Gasteiger partial charge in [0.25, 0.3) is 0 Å². The number of hydrogen-bond donors (Lipinski definition) is 1. The van der Waals surface area contributed by atoms with Gasteiger partial charge in [-0.25, -0.2) is 14.8 Å². The third-order valence-electron chi connectivity index (χ3n) is 2.10. The van der Waals surface area contributed by atoms with E-state index in [-0.39, 0.29) is 18.0 Å². The van der Waals surface area contributed by atoms with E-state index in [0.29, 0.717) is 5.95 Å². The Labute approximate surface area is 98.7 Å². The Morgan fingerprint density at radius 2 is 1.76 bits per heavy atom. The van der Waals surface area contributed by atoms with Gasteiger partial charge in [-0.3, -0.25) is 4.79 Å². The van der Waals surface area contributed by atoms with Crippen molar-refractivity contribution in [2.75, 3.05) is 32.6 Å². The van der Waals surface area contributed by atoms with Crippen molar-refractivity contribution in [3.8, 4) is 0 Å². The Hall–Kier alpha value is -2.18. The molecular weight excluding hydrogens is 224 g/mol. The molecule has 1 N–H and O–H groups in total. The molecule has 1 aromatic heterocycles. The predicted molar refractivity (Wildman–Crippen MR) is 61.0 cm³/mol. The Bertz CT molecular complexity index is 416. The van der Waals surface area contributed by atoms with E-state index in [4.69, 9.17) is 5.11 Å². The fourth-order valence-corrected chi connectivity index (χ4v) is 1.04. The summed E-state index contributed by atoms with van der Waals surface area (Å²) in [5.41, 5.74) is 0.0149. The van der Waals surface area contributed by atoms with Gasteiger partial charge in [-0.2, -0.15) is 0 Å². The van der Waals surface area contributed by atoms with Crippen molar-refractivity contribution < 1.29 is 14.7 Å². The molecule has 1 heterocycles. The van der Waals surface area contributed by atoms with Gasteiger partial charge in [0.05, 0.1) is 12.1 Å². The van der Waals surface area contributed by atoms with Crippen molar-refractivity contribution in [1.82, 2.24) is 14.9 Å². The van der Waals surface area contributed by atoms with Crippen LogP contribution >= 0.6 is 0 Å². The number of likely N-dealkylation sites (N-methyl/N-ethyl adjacent to an activating group) is 2. The lowest BCUT2D eigenvalue weighted by Crippen LogP contribution is -2.35. The molecular formula is C10H14N4O3. The van der Waals surface area contributed by atoms with Crippen molar-refractivity contribution in [1.29, 1.82) is 0 Å². The summed E-state index contributed by atoms with van der Waals surface area (Å²) in [6.07, 6.45) is 2.42. The van der Waals surface area contributed by atoms with Gasteiger partial charge in [-0.15, -0.1) is 0 Å². The summed E-state index contributed by atoms with van der Waals surface area (Å²) >= 11 is 0. The van der Waals surface area contributed by atoms with E-state index in [9.17, 15) is 9.59 Å². The Morgan fingerprint density at radius 1 is 1.24 bits per heavy atom. The number of carbonyl (C=O) groups excluding carboxylic acids is 1. The van der Waals surface area contributed by atoms with Gasteiger partial charge in [-0.1, -0.05) is 0 Å². The summed E-state index contributed by atoms with van der Waals surface area (Å²) in [5, 5.41) is 8.68. The molecule has 7 nitrogen and oxygen atoms in total. The molecule has 1 amide bonds. The molecule has 92 valence electrons. The van der Waals surface area contributed by atoms with Crippen molar-refractivity contribution in [2.24, 2.45) is 0 Å². The summed E-state index contributed by atoms with van der Waals surface area (Å²) in [6.45, 7) is 0.138. The molecule has 0 aromatic carbocycles. The average molecular weight is 238 g/mol. The topological polar surface area (TPSA) is 86.6 Å². The minimum Gasteiger partial charge on any atom is -0.478 e. The highest BCUT2D eigenvalue weighted by atomic mass is 16.4.